The summed E-state index contributed by atoms with van der Waals surface area (Å²) in [5.41, 5.74) is 0.0177. The van der Waals surface area contributed by atoms with E-state index in [1.807, 2.05) is 0 Å². The van der Waals surface area contributed by atoms with Gasteiger partial charge in [0.2, 0.25) is 5.91 Å². The van der Waals surface area contributed by atoms with Gasteiger partial charge in [-0.2, -0.15) is 0 Å². The number of carboxylic acid groups (broad SMARTS) is 1. The van der Waals surface area contributed by atoms with Crippen molar-refractivity contribution in [3.63, 3.8) is 0 Å². The summed E-state index contributed by atoms with van der Waals surface area (Å²) in [5.74, 6) is -0.635. The molecule has 1 amide bonds. The SMILES string of the molecule is CC1(C)CCCNC1C(=O)NCCCCCCC(=O)O. The highest BCUT2D eigenvalue weighted by Gasteiger charge is 2.36. The highest BCUT2D eigenvalue weighted by Crippen LogP contribution is 2.30. The molecule has 0 saturated carbocycles. The second-order valence-corrected chi connectivity index (χ2v) is 6.33. The summed E-state index contributed by atoms with van der Waals surface area (Å²) in [7, 11) is 0. The van der Waals surface area contributed by atoms with Gasteiger partial charge in [0, 0.05) is 13.0 Å². The highest BCUT2D eigenvalue weighted by atomic mass is 16.4. The van der Waals surface area contributed by atoms with Crippen molar-refractivity contribution in [3.05, 3.63) is 0 Å². The Morgan fingerprint density at radius 2 is 1.95 bits per heavy atom. The Kier molecular flexibility index (Phi) is 6.99. The number of hydrogen-bond acceptors (Lipinski definition) is 3. The maximum absolute atomic E-state index is 12.1. The normalized spacial score (nSPS) is 21.4. The number of aliphatic carboxylic acids is 1. The molecule has 1 heterocycles. The molecular formula is C15H28N2O3. The summed E-state index contributed by atoms with van der Waals surface area (Å²) in [5, 5.41) is 14.8. The van der Waals surface area contributed by atoms with Gasteiger partial charge in [-0.15, -0.1) is 0 Å². The first kappa shape index (κ1) is 17.0. The van der Waals surface area contributed by atoms with Crippen LogP contribution in [0.15, 0.2) is 0 Å². The molecule has 0 bridgehead atoms. The van der Waals surface area contributed by atoms with E-state index in [0.29, 0.717) is 6.54 Å². The smallest absolute Gasteiger partial charge is 0.303 e. The van der Waals surface area contributed by atoms with Crippen molar-refractivity contribution in [1.29, 1.82) is 0 Å². The van der Waals surface area contributed by atoms with Gasteiger partial charge in [-0.3, -0.25) is 9.59 Å². The van der Waals surface area contributed by atoms with E-state index in [9.17, 15) is 9.59 Å². The van der Waals surface area contributed by atoms with Gasteiger partial charge in [-0.05, 0) is 37.6 Å². The van der Waals surface area contributed by atoms with Crippen LogP contribution in [0.4, 0.5) is 0 Å². The summed E-state index contributed by atoms with van der Waals surface area (Å²) >= 11 is 0. The summed E-state index contributed by atoms with van der Waals surface area (Å²) in [6.07, 6.45) is 5.96. The quantitative estimate of drug-likeness (QED) is 0.595. The fourth-order valence-electron chi connectivity index (χ4n) is 2.73. The highest BCUT2D eigenvalue weighted by molar-refractivity contribution is 5.82. The largest absolute Gasteiger partial charge is 0.481 e. The van der Waals surface area contributed by atoms with Crippen molar-refractivity contribution in [3.8, 4) is 0 Å². The third-order valence-electron chi connectivity index (χ3n) is 4.01. The van der Waals surface area contributed by atoms with Gasteiger partial charge < -0.3 is 15.7 Å². The molecule has 0 aromatic carbocycles. The zero-order chi connectivity index (χ0) is 15.0. The molecule has 1 saturated heterocycles. The number of piperidine rings is 1. The first-order valence-electron chi connectivity index (χ1n) is 7.66. The molecule has 0 aromatic heterocycles. The molecule has 0 spiro atoms. The van der Waals surface area contributed by atoms with Gasteiger partial charge in [-0.25, -0.2) is 0 Å². The Hall–Kier alpha value is -1.10. The lowest BCUT2D eigenvalue weighted by atomic mass is 9.77. The van der Waals surface area contributed by atoms with Gasteiger partial charge in [0.1, 0.15) is 0 Å². The fourth-order valence-corrected chi connectivity index (χ4v) is 2.73. The van der Waals surface area contributed by atoms with E-state index < -0.39 is 5.97 Å². The van der Waals surface area contributed by atoms with Gasteiger partial charge in [0.25, 0.3) is 0 Å². The van der Waals surface area contributed by atoms with Crippen LogP contribution < -0.4 is 10.6 Å². The number of rotatable bonds is 8. The van der Waals surface area contributed by atoms with Crippen molar-refractivity contribution in [2.24, 2.45) is 5.41 Å². The molecule has 1 atom stereocenters. The summed E-state index contributed by atoms with van der Waals surface area (Å²) in [6, 6.07) is -0.0942. The third kappa shape index (κ3) is 5.90. The van der Waals surface area contributed by atoms with Crippen molar-refractivity contribution in [1.82, 2.24) is 10.6 Å². The van der Waals surface area contributed by atoms with Crippen LogP contribution in [-0.2, 0) is 9.59 Å². The van der Waals surface area contributed by atoms with Crippen molar-refractivity contribution < 1.29 is 14.7 Å². The van der Waals surface area contributed by atoms with E-state index in [1.165, 1.54) is 0 Å². The van der Waals surface area contributed by atoms with Gasteiger partial charge in [0.15, 0.2) is 0 Å². The molecule has 5 heteroatoms. The molecule has 0 aliphatic carbocycles. The molecular weight excluding hydrogens is 256 g/mol. The van der Waals surface area contributed by atoms with Crippen LogP contribution in [0.2, 0.25) is 0 Å². The van der Waals surface area contributed by atoms with Crippen LogP contribution in [0, 0.1) is 5.41 Å². The molecule has 116 valence electrons. The van der Waals surface area contributed by atoms with Crippen LogP contribution in [0.25, 0.3) is 0 Å². The first-order chi connectivity index (χ1) is 9.43. The van der Waals surface area contributed by atoms with Crippen LogP contribution in [0.5, 0.6) is 0 Å². The van der Waals surface area contributed by atoms with E-state index in [0.717, 1.165) is 45.1 Å². The topological polar surface area (TPSA) is 78.4 Å². The number of carbonyl (C=O) groups is 2. The number of amides is 1. The van der Waals surface area contributed by atoms with Crippen LogP contribution in [0.1, 0.15) is 58.8 Å². The van der Waals surface area contributed by atoms with Crippen LogP contribution in [0.3, 0.4) is 0 Å². The van der Waals surface area contributed by atoms with Crippen LogP contribution in [-0.4, -0.2) is 36.1 Å². The van der Waals surface area contributed by atoms with E-state index in [-0.39, 0.29) is 23.8 Å². The standard InChI is InChI=1S/C15H28N2O3/c1-15(2)9-7-11-16-13(15)14(20)17-10-6-4-3-5-8-12(18)19/h13,16H,3-11H2,1-2H3,(H,17,20)(H,18,19). The van der Waals surface area contributed by atoms with E-state index in [1.54, 1.807) is 0 Å². The molecule has 3 N–H and O–H groups in total. The molecule has 1 unspecified atom stereocenters. The average Bonchev–Trinajstić information content (AvgIpc) is 2.36. The molecule has 0 radical (unpaired) electrons. The first-order valence-corrected chi connectivity index (χ1v) is 7.66. The zero-order valence-corrected chi connectivity index (χ0v) is 12.7. The maximum atomic E-state index is 12.1. The molecule has 1 aliphatic rings. The Balaban J connectivity index is 2.12. The number of carbonyl (C=O) groups excluding carboxylic acids is 1. The maximum Gasteiger partial charge on any atom is 0.303 e. The minimum absolute atomic E-state index is 0.0177. The number of carboxylic acids is 1. The Labute approximate surface area is 121 Å². The summed E-state index contributed by atoms with van der Waals surface area (Å²) in [6.45, 7) is 5.86. The van der Waals surface area contributed by atoms with E-state index >= 15 is 0 Å². The Bertz CT molecular complexity index is 329. The lowest BCUT2D eigenvalue weighted by Gasteiger charge is -2.38. The molecule has 5 nitrogen and oxygen atoms in total. The monoisotopic (exact) mass is 284 g/mol. The average molecular weight is 284 g/mol. The van der Waals surface area contributed by atoms with Crippen molar-refractivity contribution in [2.45, 2.75) is 64.8 Å². The lowest BCUT2D eigenvalue weighted by Crippen LogP contribution is -2.55. The second kappa shape index (κ2) is 8.25. The molecule has 20 heavy (non-hydrogen) atoms. The molecule has 1 fully saturated rings. The fraction of sp³-hybridized carbons (Fsp3) is 0.867. The van der Waals surface area contributed by atoms with Gasteiger partial charge in [0.05, 0.1) is 6.04 Å². The van der Waals surface area contributed by atoms with E-state index in [4.69, 9.17) is 5.11 Å². The number of hydrogen-bond donors (Lipinski definition) is 3. The van der Waals surface area contributed by atoms with Gasteiger partial charge >= 0.3 is 5.97 Å². The number of nitrogens with one attached hydrogen (secondary N) is 2. The Morgan fingerprint density at radius 1 is 1.25 bits per heavy atom. The second-order valence-electron chi connectivity index (χ2n) is 6.33. The minimum Gasteiger partial charge on any atom is -0.481 e. The predicted molar refractivity (Wildman–Crippen MR) is 78.5 cm³/mol. The summed E-state index contributed by atoms with van der Waals surface area (Å²) in [4.78, 5) is 22.5. The van der Waals surface area contributed by atoms with E-state index in [2.05, 4.69) is 24.5 Å². The molecule has 1 aliphatic heterocycles. The third-order valence-corrected chi connectivity index (χ3v) is 4.01. The molecule has 1 rings (SSSR count). The predicted octanol–water partition coefficient (Wildman–Crippen LogP) is 1.92. The van der Waals surface area contributed by atoms with Crippen molar-refractivity contribution in [2.75, 3.05) is 13.1 Å². The zero-order valence-electron chi connectivity index (χ0n) is 12.7. The Morgan fingerprint density at radius 3 is 2.60 bits per heavy atom. The number of unbranched alkanes of at least 4 members (excludes halogenated alkanes) is 3. The summed E-state index contributed by atoms with van der Waals surface area (Å²) < 4.78 is 0. The lowest BCUT2D eigenvalue weighted by molar-refractivity contribution is -0.137. The van der Waals surface area contributed by atoms with Crippen LogP contribution >= 0.6 is 0 Å². The molecule has 0 aromatic rings. The van der Waals surface area contributed by atoms with Crippen molar-refractivity contribution >= 4 is 11.9 Å². The minimum atomic E-state index is -0.732. The van der Waals surface area contributed by atoms with Gasteiger partial charge in [-0.1, -0.05) is 26.7 Å².